The molecule has 1 fully saturated rings. The van der Waals surface area contributed by atoms with Gasteiger partial charge in [0.15, 0.2) is 0 Å². The second-order valence-electron chi connectivity index (χ2n) is 9.73. The molecule has 0 aliphatic carbocycles. The summed E-state index contributed by atoms with van der Waals surface area (Å²) in [6.07, 6.45) is 5.54. The van der Waals surface area contributed by atoms with Crippen molar-refractivity contribution in [1.82, 2.24) is 19.2 Å². The van der Waals surface area contributed by atoms with Crippen molar-refractivity contribution in [2.75, 3.05) is 19.7 Å². The number of amides is 1. The van der Waals surface area contributed by atoms with Crippen molar-refractivity contribution in [3.05, 3.63) is 68.8 Å². The van der Waals surface area contributed by atoms with Crippen LogP contribution in [0.3, 0.4) is 0 Å². The molecule has 2 atom stereocenters. The number of nitrogens with zero attached hydrogens (tertiary/aromatic N) is 3. The van der Waals surface area contributed by atoms with Gasteiger partial charge in [0.1, 0.15) is 22.8 Å². The first-order valence-corrected chi connectivity index (χ1v) is 13.6. The summed E-state index contributed by atoms with van der Waals surface area (Å²) in [5, 5.41) is 0.736. The molecule has 0 bridgehead atoms. The molecule has 1 aromatic heterocycles. The zero-order valence-corrected chi connectivity index (χ0v) is 23.3. The normalized spacial score (nSPS) is 16.5. The molecule has 2 heterocycles. The van der Waals surface area contributed by atoms with Gasteiger partial charge in [0.05, 0.1) is 22.3 Å². The summed E-state index contributed by atoms with van der Waals surface area (Å²) in [5.41, 5.74) is 0.708. The van der Waals surface area contributed by atoms with Crippen LogP contribution in [0.2, 0.25) is 10.0 Å². The number of rotatable bonds is 8. The van der Waals surface area contributed by atoms with Gasteiger partial charge < -0.3 is 18.8 Å². The van der Waals surface area contributed by atoms with Crippen LogP contribution < -0.4 is 15.0 Å². The number of hydrogen-bond acceptors (Lipinski definition) is 6. The molecule has 2 aromatic rings. The smallest absolute Gasteiger partial charge is 0.273 e. The molecular formula is C25H32Cl2N4O4S. The fraction of sp³-hybridized carbons (Fsp3) is 0.480. The van der Waals surface area contributed by atoms with Gasteiger partial charge in [-0.05, 0) is 45.6 Å². The summed E-state index contributed by atoms with van der Waals surface area (Å²) in [5.74, 6) is 0.355. The van der Waals surface area contributed by atoms with Gasteiger partial charge in [-0.25, -0.2) is 4.98 Å². The minimum atomic E-state index is -1.37. The third-order valence-corrected chi connectivity index (χ3v) is 8.33. The molecule has 8 nitrogen and oxygen atoms in total. The Morgan fingerprint density at radius 2 is 1.97 bits per heavy atom. The molecule has 1 N–H and O–H groups in total. The van der Waals surface area contributed by atoms with Crippen molar-refractivity contribution >= 4 is 40.5 Å². The fourth-order valence-corrected chi connectivity index (χ4v) is 5.20. The molecule has 1 aliphatic heterocycles. The first-order valence-electron chi connectivity index (χ1n) is 11.6. The molecule has 196 valence electrons. The van der Waals surface area contributed by atoms with Crippen molar-refractivity contribution in [3.8, 4) is 5.75 Å². The maximum absolute atomic E-state index is 13.2. The molecule has 3 rings (SSSR count). The molecule has 1 amide bonds. The van der Waals surface area contributed by atoms with Gasteiger partial charge >= 0.3 is 0 Å². The number of halogens is 2. The van der Waals surface area contributed by atoms with Gasteiger partial charge in [0, 0.05) is 49.3 Å². The zero-order chi connectivity index (χ0) is 26.6. The Morgan fingerprint density at radius 3 is 2.56 bits per heavy atom. The number of nitrogens with one attached hydrogen (secondary N) is 1. The van der Waals surface area contributed by atoms with Crippen LogP contribution in [0, 0.1) is 5.92 Å². The van der Waals surface area contributed by atoms with E-state index in [1.807, 2.05) is 20.8 Å². The van der Waals surface area contributed by atoms with E-state index < -0.39 is 16.1 Å². The van der Waals surface area contributed by atoms with E-state index in [-0.39, 0.29) is 35.7 Å². The Kier molecular flexibility index (Phi) is 9.51. The number of likely N-dealkylation sites (tertiary alicyclic amines) is 1. The second kappa shape index (κ2) is 12.0. The summed E-state index contributed by atoms with van der Waals surface area (Å²) in [6.45, 7) is 10.7. The van der Waals surface area contributed by atoms with Crippen LogP contribution in [0.4, 0.5) is 0 Å². The first-order chi connectivity index (χ1) is 16.9. The number of hydrogen-bond donors (Lipinski definition) is 1. The van der Waals surface area contributed by atoms with Crippen molar-refractivity contribution in [1.29, 1.82) is 0 Å². The highest BCUT2D eigenvalue weighted by atomic mass is 35.5. The third kappa shape index (κ3) is 6.83. The van der Waals surface area contributed by atoms with Crippen molar-refractivity contribution in [2.24, 2.45) is 13.0 Å². The minimum Gasteiger partial charge on any atom is -0.598 e. The average Bonchev–Trinajstić information content (AvgIpc) is 2.83. The lowest BCUT2D eigenvalue weighted by molar-refractivity contribution is 0.0667. The standard InChI is InChI=1S/C25H32Cl2N4O4S/c1-6-11-35-21-13-19(27)18(26)12-17(21)23(29-36(34)25(2,3)4)16-7-9-31(10-8-16)24(33)20-15-30(5)22(32)14-28-20/h6,12-16,23,29H,1,7-11H2,2-5H3/t23-,36?/m1/s1. The lowest BCUT2D eigenvalue weighted by Gasteiger charge is -2.38. The average molecular weight is 556 g/mol. The van der Waals surface area contributed by atoms with Crippen LogP contribution in [0.15, 0.2) is 42.0 Å². The number of piperidine rings is 1. The van der Waals surface area contributed by atoms with Crippen molar-refractivity contribution < 1.29 is 14.1 Å². The number of benzene rings is 1. The molecule has 1 unspecified atom stereocenters. The predicted octanol–water partition coefficient (Wildman–Crippen LogP) is 4.30. The summed E-state index contributed by atoms with van der Waals surface area (Å²) in [7, 11) is 1.59. The Balaban J connectivity index is 1.87. The Labute approximate surface area is 224 Å². The topological polar surface area (TPSA) is 99.5 Å². The van der Waals surface area contributed by atoms with E-state index in [1.165, 1.54) is 10.8 Å². The van der Waals surface area contributed by atoms with Gasteiger partial charge in [-0.3, -0.25) is 9.59 Å². The van der Waals surface area contributed by atoms with E-state index in [0.29, 0.717) is 41.7 Å². The molecule has 1 aromatic carbocycles. The molecule has 36 heavy (non-hydrogen) atoms. The van der Waals surface area contributed by atoms with E-state index in [0.717, 1.165) is 11.8 Å². The Morgan fingerprint density at radius 1 is 1.33 bits per heavy atom. The molecular weight excluding hydrogens is 523 g/mol. The number of aromatic nitrogens is 2. The van der Waals surface area contributed by atoms with Crippen LogP contribution in [0.25, 0.3) is 0 Å². The monoisotopic (exact) mass is 554 g/mol. The maximum Gasteiger partial charge on any atom is 0.273 e. The van der Waals surface area contributed by atoms with E-state index in [9.17, 15) is 14.1 Å². The number of aryl methyl sites for hydroxylation is 1. The summed E-state index contributed by atoms with van der Waals surface area (Å²) < 4.78 is 23.2. The van der Waals surface area contributed by atoms with E-state index >= 15 is 0 Å². The summed E-state index contributed by atoms with van der Waals surface area (Å²) in [6, 6.07) is 3.07. The summed E-state index contributed by atoms with van der Waals surface area (Å²) >= 11 is 11.3. The Hall–Kier alpha value is -2.04. The van der Waals surface area contributed by atoms with Crippen LogP contribution in [-0.4, -0.2) is 49.4 Å². The van der Waals surface area contributed by atoms with E-state index in [1.54, 1.807) is 30.2 Å². The number of ether oxygens (including phenoxy) is 1. The highest BCUT2D eigenvalue weighted by Crippen LogP contribution is 2.41. The molecule has 11 heteroatoms. The molecule has 0 saturated carbocycles. The SMILES string of the molecule is C=CCOc1cc(Cl)c(Cl)cc1[C@H](N[S+]([O-])C(C)(C)C)C1CCN(C(=O)c2cn(C)c(=O)cn2)CC1. The van der Waals surface area contributed by atoms with Crippen molar-refractivity contribution in [3.63, 3.8) is 0 Å². The molecule has 1 aliphatic rings. The van der Waals surface area contributed by atoms with Gasteiger partial charge in [-0.2, -0.15) is 0 Å². The summed E-state index contributed by atoms with van der Waals surface area (Å²) in [4.78, 5) is 30.4. The second-order valence-corrected chi connectivity index (χ2v) is 12.5. The maximum atomic E-state index is 13.2. The van der Waals surface area contributed by atoms with Crippen LogP contribution in [0.1, 0.15) is 55.7 Å². The number of carbonyl (C=O) groups excluding carboxylic acids is 1. The largest absolute Gasteiger partial charge is 0.598 e. The fourth-order valence-electron chi connectivity index (χ4n) is 3.97. The van der Waals surface area contributed by atoms with Gasteiger partial charge in [-0.1, -0.05) is 35.9 Å². The van der Waals surface area contributed by atoms with E-state index in [2.05, 4.69) is 16.3 Å². The van der Waals surface area contributed by atoms with E-state index in [4.69, 9.17) is 27.9 Å². The zero-order valence-electron chi connectivity index (χ0n) is 20.9. The van der Waals surface area contributed by atoms with Gasteiger partial charge in [0.25, 0.3) is 11.5 Å². The third-order valence-electron chi connectivity index (χ3n) is 6.03. The molecule has 0 spiro atoms. The van der Waals surface area contributed by atoms with Gasteiger partial charge in [0.2, 0.25) is 0 Å². The first kappa shape index (κ1) is 28.5. The van der Waals surface area contributed by atoms with Gasteiger partial charge in [-0.15, -0.1) is 4.72 Å². The van der Waals surface area contributed by atoms with Crippen LogP contribution in [0.5, 0.6) is 5.75 Å². The molecule has 0 radical (unpaired) electrons. The van der Waals surface area contributed by atoms with Crippen LogP contribution in [-0.2, 0) is 18.4 Å². The lowest BCUT2D eigenvalue weighted by Crippen LogP contribution is -2.46. The van der Waals surface area contributed by atoms with Crippen molar-refractivity contribution in [2.45, 2.75) is 44.4 Å². The molecule has 1 saturated heterocycles. The Bertz CT molecular complexity index is 1160. The predicted molar refractivity (Wildman–Crippen MR) is 144 cm³/mol. The minimum absolute atomic E-state index is 0.0387. The number of carbonyl (C=O) groups is 1. The highest BCUT2D eigenvalue weighted by Gasteiger charge is 2.37. The van der Waals surface area contributed by atoms with Crippen LogP contribution >= 0.6 is 23.2 Å². The highest BCUT2D eigenvalue weighted by molar-refractivity contribution is 7.90. The lowest BCUT2D eigenvalue weighted by atomic mass is 9.85. The quantitative estimate of drug-likeness (QED) is 0.385.